The number of unbranched alkanes of at least 4 members (excludes halogenated alkanes) is 1. The van der Waals surface area contributed by atoms with Gasteiger partial charge in [0, 0.05) is 10.7 Å². The first-order valence-corrected chi connectivity index (χ1v) is 8.51. The van der Waals surface area contributed by atoms with Crippen molar-refractivity contribution in [2.75, 3.05) is 5.32 Å². The maximum atomic E-state index is 6.37. The van der Waals surface area contributed by atoms with E-state index in [1.807, 2.05) is 30.3 Å². The molecule has 3 aromatic rings. The van der Waals surface area contributed by atoms with E-state index in [1.54, 1.807) is 17.1 Å². The third-order valence-electron chi connectivity index (χ3n) is 3.58. The molecule has 0 fully saturated rings. The van der Waals surface area contributed by atoms with E-state index in [0.29, 0.717) is 15.9 Å². The van der Waals surface area contributed by atoms with E-state index in [2.05, 4.69) is 27.5 Å². The molecule has 124 valence electrons. The van der Waals surface area contributed by atoms with Crippen LogP contribution in [0.3, 0.4) is 0 Å². The van der Waals surface area contributed by atoms with Gasteiger partial charge < -0.3 is 5.32 Å². The van der Waals surface area contributed by atoms with Gasteiger partial charge in [0.2, 0.25) is 0 Å². The fourth-order valence-electron chi connectivity index (χ4n) is 2.31. The molecule has 0 radical (unpaired) electrons. The van der Waals surface area contributed by atoms with Gasteiger partial charge in [0.15, 0.2) is 0 Å². The Morgan fingerprint density at radius 2 is 1.92 bits per heavy atom. The molecule has 2 heterocycles. The standard InChI is InChI=1S/C17H17Cl2N5/c1-2-3-4-14-11-21-23-24(14)15-9-16(19)17(20-10-15)22-13-7-5-12(18)6-8-13/h5-11H,2-4H2,1H3,(H,20,22). The summed E-state index contributed by atoms with van der Waals surface area (Å²) in [5, 5.41) is 12.5. The SMILES string of the molecule is CCCCc1cnnn1-c1cnc(Nc2ccc(Cl)cc2)c(Cl)c1. The van der Waals surface area contributed by atoms with Crippen LogP contribution in [0.4, 0.5) is 11.5 Å². The summed E-state index contributed by atoms with van der Waals surface area (Å²) in [7, 11) is 0. The highest BCUT2D eigenvalue weighted by atomic mass is 35.5. The summed E-state index contributed by atoms with van der Waals surface area (Å²) < 4.78 is 1.78. The van der Waals surface area contributed by atoms with Crippen molar-refractivity contribution in [3.8, 4) is 5.69 Å². The highest BCUT2D eigenvalue weighted by molar-refractivity contribution is 6.33. The largest absolute Gasteiger partial charge is 0.339 e. The molecule has 0 atom stereocenters. The number of hydrogen-bond acceptors (Lipinski definition) is 4. The third kappa shape index (κ3) is 3.86. The first-order valence-electron chi connectivity index (χ1n) is 7.75. The van der Waals surface area contributed by atoms with Crippen LogP contribution in [0.25, 0.3) is 5.69 Å². The number of rotatable bonds is 6. The number of anilines is 2. The molecule has 1 N–H and O–H groups in total. The van der Waals surface area contributed by atoms with E-state index in [4.69, 9.17) is 23.2 Å². The Bertz CT molecular complexity index is 814. The number of benzene rings is 1. The number of pyridine rings is 1. The molecule has 7 heteroatoms. The van der Waals surface area contributed by atoms with Gasteiger partial charge in [-0.05, 0) is 43.2 Å². The van der Waals surface area contributed by atoms with Crippen LogP contribution in [0.15, 0.2) is 42.7 Å². The lowest BCUT2D eigenvalue weighted by Gasteiger charge is -2.10. The predicted molar refractivity (Wildman–Crippen MR) is 97.5 cm³/mol. The molecule has 0 aliphatic heterocycles. The van der Waals surface area contributed by atoms with Crippen LogP contribution in [0.5, 0.6) is 0 Å². The number of aryl methyl sites for hydroxylation is 1. The number of nitrogens with one attached hydrogen (secondary N) is 1. The molecular weight excluding hydrogens is 345 g/mol. The van der Waals surface area contributed by atoms with Crippen molar-refractivity contribution in [1.29, 1.82) is 0 Å². The molecule has 1 aromatic carbocycles. The summed E-state index contributed by atoms with van der Waals surface area (Å²) in [5.74, 6) is 0.581. The second-order valence-electron chi connectivity index (χ2n) is 5.40. The zero-order valence-corrected chi connectivity index (χ0v) is 14.7. The monoisotopic (exact) mass is 361 g/mol. The maximum Gasteiger partial charge on any atom is 0.149 e. The average molecular weight is 362 g/mol. The Balaban J connectivity index is 1.82. The summed E-state index contributed by atoms with van der Waals surface area (Å²) in [6.07, 6.45) is 6.64. The molecular formula is C17H17Cl2N5. The predicted octanol–water partition coefficient (Wildman–Crippen LogP) is 5.06. The molecule has 0 amide bonds. The molecule has 0 saturated heterocycles. The minimum absolute atomic E-state index is 0.513. The molecule has 0 unspecified atom stereocenters. The van der Waals surface area contributed by atoms with Crippen LogP contribution in [0.1, 0.15) is 25.5 Å². The normalized spacial score (nSPS) is 10.8. The van der Waals surface area contributed by atoms with Gasteiger partial charge in [-0.25, -0.2) is 9.67 Å². The lowest BCUT2D eigenvalue weighted by molar-refractivity contribution is 0.714. The first kappa shape index (κ1) is 16.7. The smallest absolute Gasteiger partial charge is 0.149 e. The summed E-state index contributed by atoms with van der Waals surface area (Å²) >= 11 is 12.3. The molecule has 5 nitrogen and oxygen atoms in total. The number of nitrogens with zero attached hydrogens (tertiary/aromatic N) is 4. The van der Waals surface area contributed by atoms with Crippen molar-refractivity contribution in [2.24, 2.45) is 0 Å². The van der Waals surface area contributed by atoms with E-state index in [1.165, 1.54) is 0 Å². The van der Waals surface area contributed by atoms with Gasteiger partial charge in [-0.2, -0.15) is 0 Å². The molecule has 0 aliphatic rings. The average Bonchev–Trinajstić information content (AvgIpc) is 3.05. The zero-order valence-electron chi connectivity index (χ0n) is 13.2. The second-order valence-corrected chi connectivity index (χ2v) is 6.24. The quantitative estimate of drug-likeness (QED) is 0.666. The Morgan fingerprint density at radius 3 is 2.62 bits per heavy atom. The molecule has 0 saturated carbocycles. The van der Waals surface area contributed by atoms with Gasteiger partial charge in [0.25, 0.3) is 0 Å². The Morgan fingerprint density at radius 1 is 1.12 bits per heavy atom. The lowest BCUT2D eigenvalue weighted by atomic mass is 10.2. The van der Waals surface area contributed by atoms with Crippen molar-refractivity contribution in [3.05, 3.63) is 58.5 Å². The summed E-state index contributed by atoms with van der Waals surface area (Å²) in [6.45, 7) is 2.16. The van der Waals surface area contributed by atoms with E-state index < -0.39 is 0 Å². The molecule has 0 bridgehead atoms. The topological polar surface area (TPSA) is 55.6 Å². The van der Waals surface area contributed by atoms with Gasteiger partial charge in [-0.15, -0.1) is 5.10 Å². The van der Waals surface area contributed by atoms with Crippen molar-refractivity contribution >= 4 is 34.7 Å². The molecule has 24 heavy (non-hydrogen) atoms. The summed E-state index contributed by atoms with van der Waals surface area (Å²) in [5.41, 5.74) is 2.71. The number of hydrogen-bond donors (Lipinski definition) is 1. The van der Waals surface area contributed by atoms with Crippen molar-refractivity contribution in [1.82, 2.24) is 20.0 Å². The molecule has 0 aliphatic carbocycles. The van der Waals surface area contributed by atoms with Crippen LogP contribution in [-0.2, 0) is 6.42 Å². The Kier molecular flexibility index (Phi) is 5.33. The van der Waals surface area contributed by atoms with E-state index in [-0.39, 0.29) is 0 Å². The van der Waals surface area contributed by atoms with Crippen LogP contribution in [0.2, 0.25) is 10.0 Å². The molecule has 0 spiro atoms. The van der Waals surface area contributed by atoms with Gasteiger partial charge in [-0.3, -0.25) is 0 Å². The number of aromatic nitrogens is 4. The molecule has 3 rings (SSSR count). The highest BCUT2D eigenvalue weighted by Gasteiger charge is 2.10. The van der Waals surface area contributed by atoms with Crippen molar-refractivity contribution in [3.63, 3.8) is 0 Å². The minimum atomic E-state index is 0.513. The third-order valence-corrected chi connectivity index (χ3v) is 4.12. The maximum absolute atomic E-state index is 6.37. The lowest BCUT2D eigenvalue weighted by Crippen LogP contribution is -2.04. The van der Waals surface area contributed by atoms with Crippen LogP contribution in [-0.4, -0.2) is 20.0 Å². The molecule has 2 aromatic heterocycles. The fourth-order valence-corrected chi connectivity index (χ4v) is 2.64. The van der Waals surface area contributed by atoms with Crippen molar-refractivity contribution in [2.45, 2.75) is 26.2 Å². The van der Waals surface area contributed by atoms with Gasteiger partial charge in [0.1, 0.15) is 5.82 Å². The summed E-state index contributed by atoms with van der Waals surface area (Å²) in [4.78, 5) is 4.41. The van der Waals surface area contributed by atoms with E-state index in [9.17, 15) is 0 Å². The van der Waals surface area contributed by atoms with Crippen LogP contribution < -0.4 is 5.32 Å². The highest BCUT2D eigenvalue weighted by Crippen LogP contribution is 2.26. The van der Waals surface area contributed by atoms with Crippen LogP contribution in [0, 0.1) is 0 Å². The number of halogens is 2. The van der Waals surface area contributed by atoms with E-state index in [0.717, 1.165) is 36.3 Å². The van der Waals surface area contributed by atoms with E-state index >= 15 is 0 Å². The van der Waals surface area contributed by atoms with Crippen molar-refractivity contribution < 1.29 is 0 Å². The van der Waals surface area contributed by atoms with Gasteiger partial charge >= 0.3 is 0 Å². The summed E-state index contributed by atoms with van der Waals surface area (Å²) in [6, 6.07) is 9.18. The zero-order chi connectivity index (χ0) is 16.9. The van der Waals surface area contributed by atoms with Crippen LogP contribution >= 0.6 is 23.2 Å². The fraction of sp³-hybridized carbons (Fsp3) is 0.235. The van der Waals surface area contributed by atoms with Gasteiger partial charge in [0.05, 0.1) is 28.8 Å². The minimum Gasteiger partial charge on any atom is -0.339 e. The first-order chi connectivity index (χ1) is 11.7. The van der Waals surface area contributed by atoms with Gasteiger partial charge in [-0.1, -0.05) is 41.8 Å². The Hall–Kier alpha value is -2.11. The Labute approximate surface area is 150 Å². The second kappa shape index (κ2) is 7.64.